The van der Waals surface area contributed by atoms with Gasteiger partial charge in [-0.2, -0.15) is 4.98 Å². The molecule has 0 saturated heterocycles. The van der Waals surface area contributed by atoms with Crippen LogP contribution >= 0.6 is 11.3 Å². The maximum atomic E-state index is 12.0. The number of hydrogen-bond acceptors (Lipinski definition) is 4. The predicted molar refractivity (Wildman–Crippen MR) is 113 cm³/mol. The molecule has 1 amide bonds. The van der Waals surface area contributed by atoms with Crippen LogP contribution < -0.4 is 5.32 Å². The Hall–Kier alpha value is -3.25. The zero-order valence-electron chi connectivity index (χ0n) is 15.5. The number of carbonyl (C=O) groups is 1. The summed E-state index contributed by atoms with van der Waals surface area (Å²) in [6, 6.07) is 18.0. The second kappa shape index (κ2) is 8.19. The Bertz CT molecular complexity index is 1110. The maximum absolute atomic E-state index is 12.0. The molecule has 5 nitrogen and oxygen atoms in total. The lowest BCUT2D eigenvalue weighted by molar-refractivity contribution is -0.116. The van der Waals surface area contributed by atoms with E-state index in [-0.39, 0.29) is 5.91 Å². The van der Waals surface area contributed by atoms with Crippen molar-refractivity contribution in [2.24, 2.45) is 0 Å². The molecule has 0 fully saturated rings. The molecule has 2 heterocycles. The van der Waals surface area contributed by atoms with E-state index in [0.29, 0.717) is 13.0 Å². The number of aromatic nitrogens is 3. The van der Waals surface area contributed by atoms with E-state index in [9.17, 15) is 4.79 Å². The third kappa shape index (κ3) is 4.18. The van der Waals surface area contributed by atoms with Crippen LogP contribution in [0, 0.1) is 6.92 Å². The van der Waals surface area contributed by atoms with Crippen molar-refractivity contribution in [1.29, 1.82) is 0 Å². The van der Waals surface area contributed by atoms with Gasteiger partial charge in [-0.05, 0) is 18.6 Å². The van der Waals surface area contributed by atoms with E-state index in [1.54, 1.807) is 17.4 Å². The number of benzene rings is 2. The molecule has 0 saturated carbocycles. The van der Waals surface area contributed by atoms with E-state index in [1.165, 1.54) is 5.56 Å². The van der Waals surface area contributed by atoms with Gasteiger partial charge >= 0.3 is 0 Å². The Balaban J connectivity index is 1.38. The number of nitrogens with zero attached hydrogens (tertiary/aromatic N) is 3. The van der Waals surface area contributed by atoms with Crippen molar-refractivity contribution >= 4 is 28.3 Å². The topological polar surface area (TPSA) is 59.3 Å². The number of aryl methyl sites for hydroxylation is 1. The summed E-state index contributed by atoms with van der Waals surface area (Å²) in [4.78, 5) is 17.5. The van der Waals surface area contributed by atoms with Crippen LogP contribution in [0.3, 0.4) is 0 Å². The molecule has 0 aliphatic carbocycles. The van der Waals surface area contributed by atoms with Crippen molar-refractivity contribution in [2.45, 2.75) is 13.3 Å². The van der Waals surface area contributed by atoms with E-state index in [2.05, 4.69) is 34.5 Å². The highest BCUT2D eigenvalue weighted by Gasteiger charge is 2.11. The van der Waals surface area contributed by atoms with Crippen LogP contribution in [0.4, 0.5) is 0 Å². The Morgan fingerprint density at radius 1 is 1.14 bits per heavy atom. The summed E-state index contributed by atoms with van der Waals surface area (Å²) in [6.07, 6.45) is 4.06. The lowest BCUT2D eigenvalue weighted by Gasteiger charge is -2.01. The fraction of sp³-hybridized carbons (Fsp3) is 0.136. The molecule has 6 heteroatoms. The predicted octanol–water partition coefficient (Wildman–Crippen LogP) is 4.14. The fourth-order valence-corrected chi connectivity index (χ4v) is 3.69. The van der Waals surface area contributed by atoms with E-state index in [1.807, 2.05) is 58.4 Å². The van der Waals surface area contributed by atoms with Crippen LogP contribution in [-0.2, 0) is 11.2 Å². The Labute approximate surface area is 167 Å². The van der Waals surface area contributed by atoms with Crippen molar-refractivity contribution in [3.05, 3.63) is 82.9 Å². The van der Waals surface area contributed by atoms with Gasteiger partial charge in [0.2, 0.25) is 10.9 Å². The first kappa shape index (κ1) is 18.1. The van der Waals surface area contributed by atoms with Crippen molar-refractivity contribution in [2.75, 3.05) is 6.54 Å². The highest BCUT2D eigenvalue weighted by Crippen LogP contribution is 2.21. The largest absolute Gasteiger partial charge is 0.352 e. The number of hydrogen-bond donors (Lipinski definition) is 1. The van der Waals surface area contributed by atoms with Gasteiger partial charge in [-0.3, -0.25) is 4.79 Å². The minimum absolute atomic E-state index is 0.103. The zero-order chi connectivity index (χ0) is 19.3. The van der Waals surface area contributed by atoms with E-state index < -0.39 is 0 Å². The van der Waals surface area contributed by atoms with Crippen LogP contribution in [0.1, 0.15) is 16.8 Å². The van der Waals surface area contributed by atoms with Crippen LogP contribution in [-0.4, -0.2) is 27.0 Å². The summed E-state index contributed by atoms with van der Waals surface area (Å²) < 4.78 is 1.87. The number of fused-ring (bicyclic) bond motifs is 1. The number of thiazole rings is 1. The summed E-state index contributed by atoms with van der Waals surface area (Å²) >= 11 is 1.56. The number of amides is 1. The summed E-state index contributed by atoms with van der Waals surface area (Å²) in [7, 11) is 0. The zero-order valence-corrected chi connectivity index (χ0v) is 16.3. The minimum Gasteiger partial charge on any atom is -0.352 e. The molecule has 4 rings (SSSR count). The van der Waals surface area contributed by atoms with E-state index in [0.717, 1.165) is 27.6 Å². The molecule has 4 aromatic rings. The smallest absolute Gasteiger partial charge is 0.244 e. The molecular weight excluding hydrogens is 368 g/mol. The molecule has 0 spiro atoms. The molecule has 0 radical (unpaired) electrons. The van der Waals surface area contributed by atoms with Gasteiger partial charge < -0.3 is 5.32 Å². The van der Waals surface area contributed by atoms with Crippen molar-refractivity contribution in [3.8, 4) is 11.4 Å². The number of carbonyl (C=O) groups excluding carboxylic acids is 1. The lowest BCUT2D eigenvalue weighted by Crippen LogP contribution is -2.23. The van der Waals surface area contributed by atoms with Crippen molar-refractivity contribution in [3.63, 3.8) is 0 Å². The van der Waals surface area contributed by atoms with Crippen LogP contribution in [0.15, 0.2) is 66.1 Å². The first-order valence-electron chi connectivity index (χ1n) is 9.10. The van der Waals surface area contributed by atoms with Gasteiger partial charge in [-0.25, -0.2) is 4.52 Å². The standard InChI is InChI=1S/C22H20N4OS/c1-16-7-10-18(11-8-16)21-24-22-26(25-21)19(15-28-22)13-14-23-20(27)12-9-17-5-3-2-4-6-17/h2-12,15H,13-14H2,1H3,(H,23,27). The van der Waals surface area contributed by atoms with Crippen LogP contribution in [0.2, 0.25) is 0 Å². The van der Waals surface area contributed by atoms with Gasteiger partial charge in [0.1, 0.15) is 0 Å². The molecule has 2 aromatic heterocycles. The Morgan fingerprint density at radius 2 is 1.93 bits per heavy atom. The monoisotopic (exact) mass is 388 g/mol. The Morgan fingerprint density at radius 3 is 2.71 bits per heavy atom. The van der Waals surface area contributed by atoms with Crippen LogP contribution in [0.25, 0.3) is 22.4 Å². The van der Waals surface area contributed by atoms with Gasteiger partial charge in [0.15, 0.2) is 5.82 Å². The first-order valence-corrected chi connectivity index (χ1v) is 9.98. The Kier molecular flexibility index (Phi) is 5.30. The van der Waals surface area contributed by atoms with Gasteiger partial charge in [-0.15, -0.1) is 16.4 Å². The molecule has 0 aliphatic rings. The SMILES string of the molecule is Cc1ccc(-c2nc3scc(CCNC(=O)C=Cc4ccccc4)n3n2)cc1. The van der Waals surface area contributed by atoms with E-state index in [4.69, 9.17) is 0 Å². The second-order valence-electron chi connectivity index (χ2n) is 6.51. The quantitative estimate of drug-likeness (QED) is 0.505. The molecule has 0 atom stereocenters. The van der Waals surface area contributed by atoms with E-state index >= 15 is 0 Å². The molecule has 0 bridgehead atoms. The molecule has 1 N–H and O–H groups in total. The molecule has 0 aliphatic heterocycles. The van der Waals surface area contributed by atoms with Crippen molar-refractivity contribution < 1.29 is 4.79 Å². The molecule has 0 unspecified atom stereocenters. The number of nitrogens with one attached hydrogen (secondary N) is 1. The first-order chi connectivity index (χ1) is 13.7. The lowest BCUT2D eigenvalue weighted by atomic mass is 10.1. The van der Waals surface area contributed by atoms with Crippen LogP contribution in [0.5, 0.6) is 0 Å². The molecule has 28 heavy (non-hydrogen) atoms. The summed E-state index contributed by atoms with van der Waals surface area (Å²) in [5.74, 6) is 0.622. The van der Waals surface area contributed by atoms with Gasteiger partial charge in [0.05, 0.1) is 5.69 Å². The minimum atomic E-state index is -0.103. The average Bonchev–Trinajstić information content (AvgIpc) is 3.29. The summed E-state index contributed by atoms with van der Waals surface area (Å²) in [5.41, 5.74) is 4.26. The molecule has 2 aromatic carbocycles. The van der Waals surface area contributed by atoms with Gasteiger partial charge in [0.25, 0.3) is 0 Å². The summed E-state index contributed by atoms with van der Waals surface area (Å²) in [6.45, 7) is 2.61. The van der Waals surface area contributed by atoms with Gasteiger partial charge in [0, 0.05) is 30.0 Å². The highest BCUT2D eigenvalue weighted by molar-refractivity contribution is 7.15. The molecule has 140 valence electrons. The average molecular weight is 388 g/mol. The van der Waals surface area contributed by atoms with Gasteiger partial charge in [-0.1, -0.05) is 60.2 Å². The maximum Gasteiger partial charge on any atom is 0.244 e. The van der Waals surface area contributed by atoms with Crippen molar-refractivity contribution in [1.82, 2.24) is 19.9 Å². The normalized spacial score (nSPS) is 11.3. The number of rotatable bonds is 6. The fourth-order valence-electron chi connectivity index (χ4n) is 2.83. The summed E-state index contributed by atoms with van der Waals surface area (Å²) in [5, 5.41) is 9.60. The third-order valence-corrected chi connectivity index (χ3v) is 5.23. The second-order valence-corrected chi connectivity index (χ2v) is 7.34. The molecular formula is C22H20N4OS. The highest BCUT2D eigenvalue weighted by atomic mass is 32.1. The third-order valence-electron chi connectivity index (χ3n) is 4.37.